The van der Waals surface area contributed by atoms with Gasteiger partial charge in [-0.2, -0.15) is 0 Å². The van der Waals surface area contributed by atoms with Crippen molar-refractivity contribution in [2.24, 2.45) is 13.0 Å². The van der Waals surface area contributed by atoms with Crippen molar-refractivity contribution in [3.8, 4) is 17.2 Å². The normalized spacial score (nSPS) is 10.8. The standard InChI is InChI=1S/C23H27N3O4/c1-16(2)14-29-19-11-8-12-20(13-19)30-15-21(27)24-22-17(3)25(4)26(23(22)28)18-9-6-5-7-10-18/h5-13,16H,14-15H2,1-4H3,(H,24,27). The SMILES string of the molecule is Cc1c(NC(=O)COc2cccc(OCC(C)C)c2)c(=O)n(-c2ccccc2)n1C. The fraction of sp³-hybridized carbons (Fsp3) is 0.304. The smallest absolute Gasteiger partial charge is 0.295 e. The Kier molecular flexibility index (Phi) is 6.61. The monoisotopic (exact) mass is 409 g/mol. The minimum atomic E-state index is -0.408. The van der Waals surface area contributed by atoms with E-state index in [4.69, 9.17) is 9.47 Å². The second-order valence-electron chi connectivity index (χ2n) is 7.45. The van der Waals surface area contributed by atoms with Gasteiger partial charge in [-0.15, -0.1) is 0 Å². The summed E-state index contributed by atoms with van der Waals surface area (Å²) < 4.78 is 14.5. The van der Waals surface area contributed by atoms with Gasteiger partial charge in [-0.3, -0.25) is 14.3 Å². The zero-order valence-corrected chi connectivity index (χ0v) is 17.7. The Balaban J connectivity index is 1.68. The van der Waals surface area contributed by atoms with Crippen LogP contribution in [0.4, 0.5) is 5.69 Å². The molecule has 0 unspecified atom stereocenters. The fourth-order valence-corrected chi connectivity index (χ4v) is 2.95. The lowest BCUT2D eigenvalue weighted by atomic mass is 10.2. The minimum absolute atomic E-state index is 0.216. The third kappa shape index (κ3) is 4.92. The number of para-hydroxylation sites is 1. The van der Waals surface area contributed by atoms with Gasteiger partial charge in [0.25, 0.3) is 11.5 Å². The molecule has 0 atom stereocenters. The van der Waals surface area contributed by atoms with E-state index in [-0.39, 0.29) is 17.9 Å². The topological polar surface area (TPSA) is 74.5 Å². The molecule has 7 heteroatoms. The Morgan fingerprint density at radius 3 is 2.37 bits per heavy atom. The molecule has 1 aromatic heterocycles. The van der Waals surface area contributed by atoms with Gasteiger partial charge in [0.1, 0.15) is 17.2 Å². The maximum absolute atomic E-state index is 12.9. The van der Waals surface area contributed by atoms with E-state index in [1.54, 1.807) is 30.8 Å². The van der Waals surface area contributed by atoms with E-state index in [0.29, 0.717) is 29.7 Å². The highest BCUT2D eigenvalue weighted by atomic mass is 16.5. The van der Waals surface area contributed by atoms with Crippen molar-refractivity contribution >= 4 is 11.6 Å². The maximum Gasteiger partial charge on any atom is 0.295 e. The van der Waals surface area contributed by atoms with Crippen LogP contribution in [0.3, 0.4) is 0 Å². The van der Waals surface area contributed by atoms with Crippen LogP contribution in [-0.2, 0) is 11.8 Å². The quantitative estimate of drug-likeness (QED) is 0.618. The number of benzene rings is 2. The summed E-state index contributed by atoms with van der Waals surface area (Å²) >= 11 is 0. The zero-order valence-electron chi connectivity index (χ0n) is 17.7. The first-order chi connectivity index (χ1) is 14.4. The van der Waals surface area contributed by atoms with Crippen LogP contribution in [0.25, 0.3) is 5.69 Å². The first-order valence-electron chi connectivity index (χ1n) is 9.86. The first kappa shape index (κ1) is 21.2. The molecule has 0 aliphatic heterocycles. The molecule has 7 nitrogen and oxygen atoms in total. The third-order valence-corrected chi connectivity index (χ3v) is 4.58. The van der Waals surface area contributed by atoms with Crippen LogP contribution in [0.5, 0.6) is 11.5 Å². The highest BCUT2D eigenvalue weighted by Gasteiger charge is 2.18. The van der Waals surface area contributed by atoms with Crippen LogP contribution in [0.1, 0.15) is 19.5 Å². The average Bonchev–Trinajstić information content (AvgIpc) is 2.95. The van der Waals surface area contributed by atoms with Crippen molar-refractivity contribution in [2.75, 3.05) is 18.5 Å². The number of rotatable bonds is 8. The second-order valence-corrected chi connectivity index (χ2v) is 7.45. The number of nitrogens with one attached hydrogen (secondary N) is 1. The maximum atomic E-state index is 12.9. The molecule has 3 rings (SSSR count). The van der Waals surface area contributed by atoms with Gasteiger partial charge in [-0.1, -0.05) is 38.1 Å². The molecule has 0 aliphatic carbocycles. The molecule has 3 aromatic rings. The van der Waals surface area contributed by atoms with Crippen LogP contribution in [0.15, 0.2) is 59.4 Å². The van der Waals surface area contributed by atoms with Gasteiger partial charge < -0.3 is 14.8 Å². The third-order valence-electron chi connectivity index (χ3n) is 4.58. The van der Waals surface area contributed by atoms with Crippen LogP contribution < -0.4 is 20.3 Å². The van der Waals surface area contributed by atoms with Gasteiger partial charge in [0.2, 0.25) is 0 Å². The molecule has 0 aliphatic rings. The van der Waals surface area contributed by atoms with Crippen LogP contribution in [-0.4, -0.2) is 28.5 Å². The summed E-state index contributed by atoms with van der Waals surface area (Å²) in [4.78, 5) is 25.3. The van der Waals surface area contributed by atoms with Crippen LogP contribution in [0.2, 0.25) is 0 Å². The summed E-state index contributed by atoms with van der Waals surface area (Å²) in [6, 6.07) is 16.4. The van der Waals surface area contributed by atoms with E-state index in [1.165, 1.54) is 4.68 Å². The largest absolute Gasteiger partial charge is 0.493 e. The number of carbonyl (C=O) groups is 1. The van der Waals surface area contributed by atoms with Gasteiger partial charge in [0.05, 0.1) is 18.0 Å². The second kappa shape index (κ2) is 9.35. The molecule has 0 fully saturated rings. The number of aromatic nitrogens is 2. The zero-order chi connectivity index (χ0) is 21.7. The molecule has 2 aromatic carbocycles. The molecule has 0 spiro atoms. The molecular weight excluding hydrogens is 382 g/mol. The molecule has 1 N–H and O–H groups in total. The van der Waals surface area contributed by atoms with Crippen molar-refractivity contribution in [1.82, 2.24) is 9.36 Å². The van der Waals surface area contributed by atoms with E-state index in [2.05, 4.69) is 19.2 Å². The van der Waals surface area contributed by atoms with Crippen molar-refractivity contribution in [3.05, 3.63) is 70.6 Å². The van der Waals surface area contributed by atoms with E-state index < -0.39 is 5.91 Å². The predicted molar refractivity (Wildman–Crippen MR) is 117 cm³/mol. The summed E-state index contributed by atoms with van der Waals surface area (Å²) in [5.74, 6) is 1.22. The Labute approximate surface area is 175 Å². The van der Waals surface area contributed by atoms with Gasteiger partial charge in [0.15, 0.2) is 6.61 Å². The Hall–Kier alpha value is -3.48. The van der Waals surface area contributed by atoms with E-state index >= 15 is 0 Å². The molecule has 1 amide bonds. The number of amides is 1. The summed E-state index contributed by atoms with van der Waals surface area (Å²) in [7, 11) is 1.78. The molecule has 1 heterocycles. The molecular formula is C23H27N3O4. The van der Waals surface area contributed by atoms with Crippen molar-refractivity contribution in [2.45, 2.75) is 20.8 Å². The number of ether oxygens (including phenoxy) is 2. The summed E-state index contributed by atoms with van der Waals surface area (Å²) in [6.45, 7) is 6.31. The van der Waals surface area contributed by atoms with E-state index in [0.717, 1.165) is 5.69 Å². The number of carbonyl (C=O) groups excluding carboxylic acids is 1. The fourth-order valence-electron chi connectivity index (χ4n) is 2.95. The van der Waals surface area contributed by atoms with Crippen molar-refractivity contribution in [3.63, 3.8) is 0 Å². The Bertz CT molecular complexity index is 1070. The number of hydrogen-bond donors (Lipinski definition) is 1. The molecule has 30 heavy (non-hydrogen) atoms. The number of anilines is 1. The lowest BCUT2D eigenvalue weighted by molar-refractivity contribution is -0.118. The predicted octanol–water partition coefficient (Wildman–Crippen LogP) is 3.54. The lowest BCUT2D eigenvalue weighted by Gasteiger charge is -2.11. The van der Waals surface area contributed by atoms with Gasteiger partial charge in [-0.05, 0) is 37.1 Å². The van der Waals surface area contributed by atoms with Gasteiger partial charge in [-0.25, -0.2) is 4.68 Å². The van der Waals surface area contributed by atoms with E-state index in [1.807, 2.05) is 42.5 Å². The summed E-state index contributed by atoms with van der Waals surface area (Å²) in [6.07, 6.45) is 0. The van der Waals surface area contributed by atoms with Crippen LogP contribution in [0, 0.1) is 12.8 Å². The van der Waals surface area contributed by atoms with E-state index in [9.17, 15) is 9.59 Å². The number of hydrogen-bond acceptors (Lipinski definition) is 4. The Morgan fingerprint density at radius 2 is 1.70 bits per heavy atom. The number of nitrogens with zero attached hydrogens (tertiary/aromatic N) is 2. The van der Waals surface area contributed by atoms with Crippen molar-refractivity contribution < 1.29 is 14.3 Å². The molecule has 0 saturated heterocycles. The Morgan fingerprint density at radius 1 is 1.03 bits per heavy atom. The highest BCUT2D eigenvalue weighted by Crippen LogP contribution is 2.20. The lowest BCUT2D eigenvalue weighted by Crippen LogP contribution is -2.25. The summed E-state index contributed by atoms with van der Waals surface area (Å²) in [5.41, 5.74) is 1.33. The first-order valence-corrected chi connectivity index (χ1v) is 9.86. The molecule has 158 valence electrons. The highest BCUT2D eigenvalue weighted by molar-refractivity contribution is 5.92. The average molecular weight is 409 g/mol. The van der Waals surface area contributed by atoms with Gasteiger partial charge >= 0.3 is 0 Å². The summed E-state index contributed by atoms with van der Waals surface area (Å²) in [5, 5.41) is 2.69. The molecule has 0 radical (unpaired) electrons. The molecule has 0 saturated carbocycles. The van der Waals surface area contributed by atoms with Gasteiger partial charge in [0, 0.05) is 13.1 Å². The minimum Gasteiger partial charge on any atom is -0.493 e. The molecule has 0 bridgehead atoms. The van der Waals surface area contributed by atoms with Crippen molar-refractivity contribution in [1.29, 1.82) is 0 Å². The van der Waals surface area contributed by atoms with Crippen LogP contribution >= 0.6 is 0 Å².